The highest BCUT2D eigenvalue weighted by Crippen LogP contribution is 2.38. The van der Waals surface area contributed by atoms with Gasteiger partial charge in [0.05, 0.1) is 24.4 Å². The highest BCUT2D eigenvalue weighted by atomic mass is 16.6. The normalized spacial score (nSPS) is 40.4. The van der Waals surface area contributed by atoms with E-state index in [1.54, 1.807) is 41.1 Å². The van der Waals surface area contributed by atoms with Gasteiger partial charge in [0.25, 0.3) is 11.7 Å². The zero-order valence-corrected chi connectivity index (χ0v) is 40.6. The number of cyclic esters (lactones) is 1. The van der Waals surface area contributed by atoms with Crippen molar-refractivity contribution in [3.8, 4) is 0 Å². The number of hydrogen-bond donors (Lipinski definition) is 3. The van der Waals surface area contributed by atoms with E-state index in [9.17, 15) is 39.3 Å². The first-order valence-corrected chi connectivity index (χ1v) is 23.9. The number of hydrogen-bond acceptors (Lipinski definition) is 13. The summed E-state index contributed by atoms with van der Waals surface area (Å²) < 4.78 is 29.4. The number of carbonyl (C=O) groups excluding carboxylic acids is 5. The number of amides is 1. The van der Waals surface area contributed by atoms with Crippen molar-refractivity contribution in [1.29, 1.82) is 0 Å². The van der Waals surface area contributed by atoms with Crippen LogP contribution in [0.3, 0.4) is 0 Å². The molecule has 3 fully saturated rings. The fraction of sp³-hybridized carbons (Fsp3) is 0.745. The molecule has 0 aromatic heterocycles. The minimum atomic E-state index is -2.43. The lowest BCUT2D eigenvalue weighted by molar-refractivity contribution is -0.265. The molecule has 0 spiro atoms. The Morgan fingerprint density at radius 1 is 0.846 bits per heavy atom. The highest BCUT2D eigenvalue weighted by molar-refractivity contribution is 6.39. The summed E-state index contributed by atoms with van der Waals surface area (Å²) in [5, 5.41) is 33.8. The van der Waals surface area contributed by atoms with Crippen LogP contribution in [0.2, 0.25) is 0 Å². The van der Waals surface area contributed by atoms with Gasteiger partial charge in [0.2, 0.25) is 5.79 Å². The summed E-state index contributed by atoms with van der Waals surface area (Å²) >= 11 is 0. The van der Waals surface area contributed by atoms with Crippen molar-refractivity contribution in [2.24, 2.45) is 35.5 Å². The van der Waals surface area contributed by atoms with Gasteiger partial charge in [-0.2, -0.15) is 0 Å². The summed E-state index contributed by atoms with van der Waals surface area (Å²) in [6.45, 7) is 12.7. The second kappa shape index (κ2) is 25.1. The molecule has 3 aliphatic heterocycles. The number of ether oxygens (including phenoxy) is 5. The van der Waals surface area contributed by atoms with Crippen LogP contribution in [0.5, 0.6) is 0 Å². The molecule has 1 amide bonds. The van der Waals surface area contributed by atoms with Crippen molar-refractivity contribution in [2.45, 2.75) is 180 Å². The summed E-state index contributed by atoms with van der Waals surface area (Å²) in [4.78, 5) is 71.8. The smallest absolute Gasteiger partial charge is 0.329 e. The van der Waals surface area contributed by atoms with Crippen LogP contribution in [-0.2, 0) is 47.7 Å². The van der Waals surface area contributed by atoms with E-state index in [4.69, 9.17) is 23.7 Å². The number of aliphatic hydroxyl groups excluding tert-OH is 2. The second-order valence-corrected chi connectivity index (χ2v) is 19.6. The maximum absolute atomic E-state index is 14.4. The molecular weight excluding hydrogens is 835 g/mol. The average molecular weight is 914 g/mol. The molecule has 65 heavy (non-hydrogen) atoms. The summed E-state index contributed by atoms with van der Waals surface area (Å²) in [7, 11) is 4.52. The van der Waals surface area contributed by atoms with Crippen LogP contribution in [0.15, 0.2) is 47.6 Å². The molecule has 0 aromatic rings. The lowest BCUT2D eigenvalue weighted by Gasteiger charge is -2.42. The molecule has 3 N–H and O–H groups in total. The second-order valence-electron chi connectivity index (χ2n) is 19.6. The third-order valence-electron chi connectivity index (χ3n) is 14.5. The first kappa shape index (κ1) is 54.2. The maximum Gasteiger partial charge on any atom is 0.329 e. The fourth-order valence-corrected chi connectivity index (χ4v) is 10.1. The van der Waals surface area contributed by atoms with Gasteiger partial charge >= 0.3 is 5.97 Å². The van der Waals surface area contributed by atoms with Gasteiger partial charge in [-0.05, 0) is 107 Å². The topological polar surface area (TPSA) is 195 Å². The molecule has 14 nitrogen and oxygen atoms in total. The predicted octanol–water partition coefficient (Wildman–Crippen LogP) is 6.18. The van der Waals surface area contributed by atoms with Gasteiger partial charge in [0.15, 0.2) is 5.78 Å². The number of piperidine rings is 1. The lowest BCUT2D eigenvalue weighted by atomic mass is 9.78. The average Bonchev–Trinajstić information content (AvgIpc) is 3.28. The third-order valence-corrected chi connectivity index (χ3v) is 14.5. The van der Waals surface area contributed by atoms with E-state index >= 15 is 0 Å². The molecule has 2 saturated heterocycles. The van der Waals surface area contributed by atoms with E-state index < -0.39 is 83.9 Å². The van der Waals surface area contributed by atoms with Gasteiger partial charge in [0.1, 0.15) is 30.1 Å². The molecule has 1 saturated carbocycles. The third kappa shape index (κ3) is 14.3. The summed E-state index contributed by atoms with van der Waals surface area (Å²) in [5.74, 6) is -7.96. The number of esters is 1. The molecule has 1 aliphatic carbocycles. The lowest BCUT2D eigenvalue weighted by Crippen LogP contribution is -2.61. The zero-order chi connectivity index (χ0) is 48.2. The Kier molecular flexibility index (Phi) is 21.0. The number of nitrogens with zero attached hydrogens (tertiary/aromatic N) is 1. The molecule has 4 rings (SSSR count). The van der Waals surface area contributed by atoms with Gasteiger partial charge in [-0.1, -0.05) is 71.1 Å². The molecule has 0 aromatic carbocycles. The van der Waals surface area contributed by atoms with Crippen LogP contribution >= 0.6 is 0 Å². The number of allylic oxidation sites excluding steroid dienone is 6. The van der Waals surface area contributed by atoms with Crippen molar-refractivity contribution in [3.63, 3.8) is 0 Å². The monoisotopic (exact) mass is 914 g/mol. The minimum absolute atomic E-state index is 0.0193. The van der Waals surface area contributed by atoms with Gasteiger partial charge < -0.3 is 43.9 Å². The highest BCUT2D eigenvalue weighted by Gasteiger charge is 2.53. The molecule has 4 aliphatic rings. The van der Waals surface area contributed by atoms with Crippen LogP contribution in [0.4, 0.5) is 0 Å². The number of ketones is 3. The number of carbonyl (C=O) groups is 5. The van der Waals surface area contributed by atoms with E-state index in [1.165, 1.54) is 12.0 Å². The molecule has 366 valence electrons. The molecule has 2 bridgehead atoms. The quantitative estimate of drug-likeness (QED) is 0.156. The van der Waals surface area contributed by atoms with Crippen molar-refractivity contribution in [3.05, 3.63) is 47.6 Å². The molecule has 0 radical (unpaired) electrons. The van der Waals surface area contributed by atoms with Crippen LogP contribution in [0.25, 0.3) is 0 Å². The number of Topliss-reactive ketones (excluding diaryl/α,β-unsaturated/α-hetero) is 3. The van der Waals surface area contributed by atoms with Crippen molar-refractivity contribution in [2.75, 3.05) is 27.9 Å². The Morgan fingerprint density at radius 2 is 1.57 bits per heavy atom. The van der Waals surface area contributed by atoms with Gasteiger partial charge in [-0.15, -0.1) is 0 Å². The SMILES string of the molecule is COC1C(=O)C(C)C[C@H](C)/C=C/C=C/C=C(\C)[C@@H](OC)C[C@@H]2CC[C@@H](C)[C@@](O)(O2)C(=O)C(=O)N2CCCCC2C(=O)O[C@H]([C@H](C)C[C@@H]2CC[C@@H](O)[C@H](OC)C2)CC(=O)[C@H](C)/C=C(\C)[C@H]1O. The van der Waals surface area contributed by atoms with Crippen LogP contribution < -0.4 is 0 Å². The van der Waals surface area contributed by atoms with Crippen LogP contribution in [0, 0.1) is 35.5 Å². The summed E-state index contributed by atoms with van der Waals surface area (Å²) in [5.41, 5.74) is 1.27. The number of fused-ring (bicyclic) bond motifs is 3. The molecule has 3 unspecified atom stereocenters. The summed E-state index contributed by atoms with van der Waals surface area (Å²) in [6.07, 6.45) is 11.2. The van der Waals surface area contributed by atoms with Gasteiger partial charge in [0, 0.05) is 58.5 Å². The van der Waals surface area contributed by atoms with Crippen molar-refractivity contribution >= 4 is 29.2 Å². The van der Waals surface area contributed by atoms with Gasteiger partial charge in [-0.25, -0.2) is 4.79 Å². The number of rotatable bonds is 6. The maximum atomic E-state index is 14.4. The molecule has 3 heterocycles. The first-order valence-electron chi connectivity index (χ1n) is 23.9. The Bertz CT molecular complexity index is 1760. The zero-order valence-electron chi connectivity index (χ0n) is 40.6. The Labute approximate surface area is 387 Å². The molecule has 14 heteroatoms. The predicted molar refractivity (Wildman–Crippen MR) is 245 cm³/mol. The number of methoxy groups -OCH3 is 3. The van der Waals surface area contributed by atoms with Crippen molar-refractivity contribution in [1.82, 2.24) is 4.90 Å². The number of aliphatic hydroxyl groups is 3. The van der Waals surface area contributed by atoms with Gasteiger partial charge in [-0.3, -0.25) is 19.2 Å². The van der Waals surface area contributed by atoms with Crippen molar-refractivity contribution < 1.29 is 63.0 Å². The fourth-order valence-electron chi connectivity index (χ4n) is 10.1. The largest absolute Gasteiger partial charge is 0.460 e. The van der Waals surface area contributed by atoms with E-state index in [-0.39, 0.29) is 54.8 Å². The molecule has 15 atom stereocenters. The first-order chi connectivity index (χ1) is 30.7. The van der Waals surface area contributed by atoms with E-state index in [2.05, 4.69) is 0 Å². The Morgan fingerprint density at radius 3 is 2.25 bits per heavy atom. The Balaban J connectivity index is 1.70. The summed E-state index contributed by atoms with van der Waals surface area (Å²) in [6, 6.07) is -1.14. The molecular formula is C51H79NO13. The standard InChI is InChI=1S/C51H79NO13/c1-30-16-12-11-13-17-31(2)42(61-8)28-38-21-19-36(7)51(60,65-38)48(57)49(58)52-23-15-14-18-39(52)50(59)64-43(33(4)26-37-20-22-40(53)44(27-37)62-9)29-41(54)32(3)25-35(6)46(56)47(63-10)45(55)34(5)24-30/h11-13,16-17,25,30,32-34,36-40,42-44,46-47,53,56,60H,14-15,18-24,26-29H2,1-10H3/b13-11+,16-12+,31-17+,35-25+/t30-,32-,33-,34?,36-,37+,38+,39?,40-,42+,43+,44-,46-,47?,51-/m1/s1. The van der Waals surface area contributed by atoms with E-state index in [0.29, 0.717) is 63.4 Å². The minimum Gasteiger partial charge on any atom is -0.460 e. The van der Waals surface area contributed by atoms with Crippen LogP contribution in [0.1, 0.15) is 126 Å². The van der Waals surface area contributed by atoms with Crippen LogP contribution in [-0.4, -0.2) is 132 Å². The van der Waals surface area contributed by atoms with E-state index in [1.807, 2.05) is 58.1 Å². The van der Waals surface area contributed by atoms with E-state index in [0.717, 1.165) is 12.0 Å². The Hall–Kier alpha value is -3.37.